The number of carbonyl (C=O) groups is 1. The second kappa shape index (κ2) is 6.90. The van der Waals surface area contributed by atoms with E-state index in [1.807, 2.05) is 0 Å². The molecule has 10 heteroatoms. The number of hydrogen-bond donors (Lipinski definition) is 2. The molecule has 0 aliphatic carbocycles. The van der Waals surface area contributed by atoms with Gasteiger partial charge in [0.15, 0.2) is 5.69 Å². The molecule has 1 aromatic carbocycles. The van der Waals surface area contributed by atoms with E-state index in [9.17, 15) is 23.1 Å². The lowest BCUT2D eigenvalue weighted by Crippen LogP contribution is -2.16. The monoisotopic (exact) mass is 381 g/mol. The van der Waals surface area contributed by atoms with Gasteiger partial charge in [0.25, 0.3) is 0 Å². The van der Waals surface area contributed by atoms with Gasteiger partial charge in [0.05, 0.1) is 22.9 Å². The van der Waals surface area contributed by atoms with Gasteiger partial charge in [-0.15, -0.1) is 0 Å². The summed E-state index contributed by atoms with van der Waals surface area (Å²) in [5.41, 5.74) is -0.962. The molecule has 0 aliphatic rings. The second-order valence-corrected chi connectivity index (χ2v) is 5.74. The Morgan fingerprint density at radius 1 is 1.38 bits per heavy atom. The van der Waals surface area contributed by atoms with Gasteiger partial charge in [-0.05, 0) is 25.1 Å². The molecule has 0 bridgehead atoms. The third kappa shape index (κ3) is 4.12. The van der Waals surface area contributed by atoms with Gasteiger partial charge >= 0.3 is 6.18 Å². The number of nitrogens with zero attached hydrogens (tertiary/aromatic N) is 2. The topological polar surface area (TPSA) is 67.2 Å². The van der Waals surface area contributed by atoms with Gasteiger partial charge in [-0.1, -0.05) is 23.2 Å². The third-order valence-corrected chi connectivity index (χ3v) is 3.87. The molecule has 0 aliphatic heterocycles. The first-order chi connectivity index (χ1) is 11.1. The SMILES string of the molecule is Cc1c(Cl)c(C(F)(F)F)nn1CCC(=O)Nc1cc(Cl)ccc1O. The Hall–Kier alpha value is -1.93. The molecule has 0 unspecified atom stereocenters. The first-order valence-electron chi connectivity index (χ1n) is 6.68. The maximum atomic E-state index is 12.7. The van der Waals surface area contributed by atoms with Crippen molar-refractivity contribution in [2.75, 3.05) is 5.32 Å². The molecule has 0 spiro atoms. The van der Waals surface area contributed by atoms with Crippen LogP contribution in [0.15, 0.2) is 18.2 Å². The fourth-order valence-electron chi connectivity index (χ4n) is 1.95. The van der Waals surface area contributed by atoms with Crippen molar-refractivity contribution in [1.82, 2.24) is 9.78 Å². The van der Waals surface area contributed by atoms with Crippen LogP contribution in [0.25, 0.3) is 0 Å². The van der Waals surface area contributed by atoms with Crippen LogP contribution in [0.3, 0.4) is 0 Å². The second-order valence-electron chi connectivity index (χ2n) is 4.93. The number of nitrogens with one attached hydrogen (secondary N) is 1. The number of halogens is 5. The molecule has 0 saturated heterocycles. The molecule has 2 aromatic rings. The summed E-state index contributed by atoms with van der Waals surface area (Å²) >= 11 is 11.4. The van der Waals surface area contributed by atoms with Crippen molar-refractivity contribution in [2.45, 2.75) is 26.1 Å². The fourth-order valence-corrected chi connectivity index (χ4v) is 2.37. The highest BCUT2D eigenvalue weighted by Crippen LogP contribution is 2.35. The van der Waals surface area contributed by atoms with Crippen molar-refractivity contribution < 1.29 is 23.1 Å². The molecule has 1 amide bonds. The van der Waals surface area contributed by atoms with Gasteiger partial charge in [-0.2, -0.15) is 18.3 Å². The smallest absolute Gasteiger partial charge is 0.436 e. The zero-order valence-corrected chi connectivity index (χ0v) is 13.8. The molecule has 5 nitrogen and oxygen atoms in total. The van der Waals surface area contributed by atoms with E-state index >= 15 is 0 Å². The maximum Gasteiger partial charge on any atom is 0.436 e. The first-order valence-corrected chi connectivity index (χ1v) is 7.43. The summed E-state index contributed by atoms with van der Waals surface area (Å²) in [6.45, 7) is 1.28. The molecule has 24 heavy (non-hydrogen) atoms. The lowest BCUT2D eigenvalue weighted by molar-refractivity contribution is -0.141. The molecular weight excluding hydrogens is 370 g/mol. The van der Waals surface area contributed by atoms with Crippen LogP contribution >= 0.6 is 23.2 Å². The summed E-state index contributed by atoms with van der Waals surface area (Å²) in [5, 5.41) is 15.3. The van der Waals surface area contributed by atoms with E-state index in [2.05, 4.69) is 10.4 Å². The van der Waals surface area contributed by atoms with Gasteiger partial charge in [0.1, 0.15) is 5.75 Å². The predicted molar refractivity (Wildman–Crippen MR) is 83.3 cm³/mol. The molecule has 0 fully saturated rings. The zero-order valence-electron chi connectivity index (χ0n) is 12.3. The van der Waals surface area contributed by atoms with Gasteiger partial charge < -0.3 is 10.4 Å². The average Bonchev–Trinajstić information content (AvgIpc) is 2.77. The number of aromatic hydroxyl groups is 1. The summed E-state index contributed by atoms with van der Waals surface area (Å²) < 4.78 is 39.2. The zero-order chi connectivity index (χ0) is 18.1. The molecule has 0 radical (unpaired) electrons. The molecule has 0 atom stereocenters. The Bertz CT molecular complexity index is 775. The van der Waals surface area contributed by atoms with E-state index in [0.29, 0.717) is 5.02 Å². The van der Waals surface area contributed by atoms with E-state index < -0.39 is 22.8 Å². The number of rotatable bonds is 4. The van der Waals surface area contributed by atoms with Crippen LogP contribution in [0, 0.1) is 6.92 Å². The molecule has 2 N–H and O–H groups in total. The Labute approximate surface area is 145 Å². The van der Waals surface area contributed by atoms with E-state index in [1.54, 1.807) is 0 Å². The maximum absolute atomic E-state index is 12.7. The Balaban J connectivity index is 2.06. The number of alkyl halides is 3. The summed E-state index contributed by atoms with van der Waals surface area (Å²) in [6.07, 6.45) is -4.83. The molecule has 130 valence electrons. The van der Waals surface area contributed by atoms with E-state index in [1.165, 1.54) is 25.1 Å². The minimum Gasteiger partial charge on any atom is -0.506 e. The number of phenols is 1. The summed E-state index contributed by atoms with van der Waals surface area (Å²) in [6, 6.07) is 4.11. The summed E-state index contributed by atoms with van der Waals surface area (Å²) in [4.78, 5) is 11.9. The van der Waals surface area contributed by atoms with Gasteiger partial charge in [0, 0.05) is 11.4 Å². The first kappa shape index (κ1) is 18.4. The molecule has 1 aromatic heterocycles. The van der Waals surface area contributed by atoms with Crippen LogP contribution in [0.4, 0.5) is 18.9 Å². The largest absolute Gasteiger partial charge is 0.506 e. The van der Waals surface area contributed by atoms with Gasteiger partial charge in [-0.25, -0.2) is 0 Å². The molecule has 2 rings (SSSR count). The van der Waals surface area contributed by atoms with Crippen molar-refractivity contribution in [3.05, 3.63) is 39.6 Å². The number of anilines is 1. The number of carbonyl (C=O) groups excluding carboxylic acids is 1. The molecule has 0 saturated carbocycles. The predicted octanol–water partition coefficient (Wildman–Crippen LogP) is 4.25. The van der Waals surface area contributed by atoms with Crippen LogP contribution in [-0.4, -0.2) is 20.8 Å². The van der Waals surface area contributed by atoms with Crippen molar-refractivity contribution in [2.24, 2.45) is 0 Å². The van der Waals surface area contributed by atoms with Crippen molar-refractivity contribution in [3.8, 4) is 5.75 Å². The highest BCUT2D eigenvalue weighted by Gasteiger charge is 2.38. The number of phenolic OH excluding ortho intramolecular Hbond substituents is 1. The minimum atomic E-state index is -4.66. The van der Waals surface area contributed by atoms with Gasteiger partial charge in [-0.3, -0.25) is 9.48 Å². The highest BCUT2D eigenvalue weighted by molar-refractivity contribution is 6.32. The van der Waals surface area contributed by atoms with Crippen molar-refractivity contribution >= 4 is 34.8 Å². The van der Waals surface area contributed by atoms with Crippen LogP contribution < -0.4 is 5.32 Å². The minimum absolute atomic E-state index is 0.102. The lowest BCUT2D eigenvalue weighted by atomic mass is 10.2. The lowest BCUT2D eigenvalue weighted by Gasteiger charge is -2.08. The third-order valence-electron chi connectivity index (χ3n) is 3.19. The van der Waals surface area contributed by atoms with Crippen molar-refractivity contribution in [3.63, 3.8) is 0 Å². The molecule has 1 heterocycles. The standard InChI is InChI=1S/C14H12Cl2F3N3O2/c1-7-12(16)13(14(17,18)19)21-22(7)5-4-11(24)20-9-6-8(15)2-3-10(9)23/h2-3,6,23H,4-5H2,1H3,(H,20,24). The van der Waals surface area contributed by atoms with E-state index in [0.717, 1.165) is 4.68 Å². The normalized spacial score (nSPS) is 11.6. The van der Waals surface area contributed by atoms with E-state index in [4.69, 9.17) is 23.2 Å². The van der Waals surface area contributed by atoms with Gasteiger partial charge in [0.2, 0.25) is 5.91 Å². The van der Waals surface area contributed by atoms with Crippen LogP contribution in [-0.2, 0) is 17.5 Å². The van der Waals surface area contributed by atoms with Crippen LogP contribution in [0.5, 0.6) is 5.75 Å². The van der Waals surface area contributed by atoms with Crippen LogP contribution in [0.1, 0.15) is 17.8 Å². The summed E-state index contributed by atoms with van der Waals surface area (Å²) in [5.74, 6) is -0.697. The summed E-state index contributed by atoms with van der Waals surface area (Å²) in [7, 11) is 0. The van der Waals surface area contributed by atoms with E-state index in [-0.39, 0.29) is 30.1 Å². The molecular formula is C14H12Cl2F3N3O2. The average molecular weight is 382 g/mol. The van der Waals surface area contributed by atoms with Crippen LogP contribution in [0.2, 0.25) is 10.0 Å². The quantitative estimate of drug-likeness (QED) is 0.777. The number of aromatic nitrogens is 2. The Morgan fingerprint density at radius 2 is 2.04 bits per heavy atom. The highest BCUT2D eigenvalue weighted by atomic mass is 35.5. The number of benzene rings is 1. The number of aryl methyl sites for hydroxylation is 1. The number of amides is 1. The Morgan fingerprint density at radius 3 is 2.62 bits per heavy atom. The Kier molecular flexibility index (Phi) is 5.29. The fraction of sp³-hybridized carbons (Fsp3) is 0.286. The van der Waals surface area contributed by atoms with Crippen molar-refractivity contribution in [1.29, 1.82) is 0 Å². The number of hydrogen-bond acceptors (Lipinski definition) is 3.